The van der Waals surface area contributed by atoms with Crippen molar-refractivity contribution in [2.75, 3.05) is 27.9 Å². The van der Waals surface area contributed by atoms with Crippen LogP contribution in [0.5, 0.6) is 0 Å². The Morgan fingerprint density at radius 1 is 1.09 bits per heavy atom. The normalized spacial score (nSPS) is 12.9. The van der Waals surface area contributed by atoms with Crippen LogP contribution < -0.4 is 0 Å². The van der Waals surface area contributed by atoms with Crippen molar-refractivity contribution < 1.29 is 23.7 Å². The summed E-state index contributed by atoms with van der Waals surface area (Å²) in [7, 11) is 4.63. The highest BCUT2D eigenvalue weighted by Gasteiger charge is 2.33. The van der Waals surface area contributed by atoms with Gasteiger partial charge in [0.2, 0.25) is 0 Å². The van der Waals surface area contributed by atoms with Crippen LogP contribution in [0.15, 0.2) is 12.7 Å². The lowest BCUT2D eigenvalue weighted by Gasteiger charge is -2.32. The van der Waals surface area contributed by atoms with E-state index in [4.69, 9.17) is 18.9 Å². The maximum atomic E-state index is 11.3. The van der Waals surface area contributed by atoms with Crippen molar-refractivity contribution in [1.29, 1.82) is 0 Å². The summed E-state index contributed by atoms with van der Waals surface area (Å²) in [6, 6.07) is 0. The van der Waals surface area contributed by atoms with Gasteiger partial charge in [0, 0.05) is 39.7 Å². The molecule has 1 atom stereocenters. The first-order valence-corrected chi connectivity index (χ1v) is 8.02. The Balaban J connectivity index is 4.48. The van der Waals surface area contributed by atoms with Crippen LogP contribution in [0.1, 0.15) is 51.9 Å². The average Bonchev–Trinajstić information content (AvgIpc) is 2.56. The van der Waals surface area contributed by atoms with Crippen LogP contribution >= 0.6 is 0 Å². The topological polar surface area (TPSA) is 54.0 Å². The molecular weight excluding hydrogens is 284 g/mol. The molecule has 0 aliphatic rings. The predicted molar refractivity (Wildman–Crippen MR) is 86.4 cm³/mol. The third kappa shape index (κ3) is 8.51. The summed E-state index contributed by atoms with van der Waals surface area (Å²) in [4.78, 5) is 11.3. The number of carbonyl (C=O) groups is 1. The first kappa shape index (κ1) is 21.1. The summed E-state index contributed by atoms with van der Waals surface area (Å²) in [6.07, 6.45) is 8.60. The lowest BCUT2D eigenvalue weighted by molar-refractivity contribution is -0.360. The summed E-state index contributed by atoms with van der Waals surface area (Å²) in [5, 5.41) is 0. The molecule has 0 rings (SSSR count). The van der Waals surface area contributed by atoms with Crippen molar-refractivity contribution in [2.45, 2.75) is 57.8 Å². The molecule has 0 saturated carbocycles. The summed E-state index contributed by atoms with van der Waals surface area (Å²) >= 11 is 0. The van der Waals surface area contributed by atoms with Gasteiger partial charge in [-0.25, -0.2) is 4.79 Å². The molecule has 0 aromatic heterocycles. The molecule has 0 saturated heterocycles. The van der Waals surface area contributed by atoms with Crippen molar-refractivity contribution in [2.24, 2.45) is 5.92 Å². The lowest BCUT2D eigenvalue weighted by atomic mass is 9.96. The lowest BCUT2D eigenvalue weighted by Crippen LogP contribution is -2.39. The average molecular weight is 316 g/mol. The van der Waals surface area contributed by atoms with E-state index in [1.807, 2.05) is 0 Å². The molecule has 0 bridgehead atoms. The highest BCUT2D eigenvalue weighted by molar-refractivity contribution is 5.81. The van der Waals surface area contributed by atoms with E-state index in [2.05, 4.69) is 13.5 Å². The van der Waals surface area contributed by atoms with E-state index in [1.54, 1.807) is 21.3 Å². The van der Waals surface area contributed by atoms with Crippen molar-refractivity contribution in [3.63, 3.8) is 0 Å². The Bertz CT molecular complexity index is 291. The number of carbonyl (C=O) groups excluding carboxylic acids is 1. The summed E-state index contributed by atoms with van der Waals surface area (Å²) in [5.41, 5.74) is 0. The number of hydrogen-bond acceptors (Lipinski definition) is 5. The van der Waals surface area contributed by atoms with Gasteiger partial charge in [-0.2, -0.15) is 0 Å². The van der Waals surface area contributed by atoms with Crippen molar-refractivity contribution in [3.05, 3.63) is 12.7 Å². The number of ether oxygens (including phenoxy) is 4. The van der Waals surface area contributed by atoms with Crippen LogP contribution in [0.4, 0.5) is 0 Å². The first-order chi connectivity index (χ1) is 10.6. The zero-order chi connectivity index (χ0) is 16.8. The molecule has 0 aromatic rings. The molecule has 0 aliphatic carbocycles. The Labute approximate surface area is 135 Å². The Morgan fingerprint density at radius 2 is 1.68 bits per heavy atom. The van der Waals surface area contributed by atoms with E-state index in [0.717, 1.165) is 12.8 Å². The first-order valence-electron chi connectivity index (χ1n) is 8.02. The van der Waals surface area contributed by atoms with E-state index in [9.17, 15) is 4.79 Å². The van der Waals surface area contributed by atoms with Crippen molar-refractivity contribution >= 4 is 5.97 Å². The minimum Gasteiger partial charge on any atom is -0.462 e. The molecule has 0 N–H and O–H groups in total. The van der Waals surface area contributed by atoms with Crippen LogP contribution in [0, 0.1) is 5.92 Å². The van der Waals surface area contributed by atoms with Crippen molar-refractivity contribution in [3.8, 4) is 0 Å². The van der Waals surface area contributed by atoms with Gasteiger partial charge in [-0.3, -0.25) is 0 Å². The van der Waals surface area contributed by atoms with Gasteiger partial charge >= 0.3 is 5.97 Å². The summed E-state index contributed by atoms with van der Waals surface area (Å²) in [6.45, 7) is 5.92. The second kappa shape index (κ2) is 12.6. The number of unbranched alkanes of at least 4 members (excludes halogenated alkanes) is 4. The zero-order valence-electron chi connectivity index (χ0n) is 14.6. The molecule has 1 unspecified atom stereocenters. The largest absolute Gasteiger partial charge is 0.462 e. The molecule has 0 fully saturated rings. The number of hydrogen-bond donors (Lipinski definition) is 0. The molecular formula is C17H32O5. The Hall–Kier alpha value is -0.910. The summed E-state index contributed by atoms with van der Waals surface area (Å²) in [5.74, 6) is -1.38. The maximum Gasteiger partial charge on any atom is 0.330 e. The van der Waals surface area contributed by atoms with Gasteiger partial charge in [-0.15, -0.1) is 0 Å². The molecule has 0 amide bonds. The maximum absolute atomic E-state index is 11.3. The number of rotatable bonds is 14. The molecule has 0 aromatic carbocycles. The second-order valence-corrected chi connectivity index (χ2v) is 5.40. The van der Waals surface area contributed by atoms with Gasteiger partial charge in [0.05, 0.1) is 6.61 Å². The molecule has 130 valence electrons. The highest BCUT2D eigenvalue weighted by Crippen LogP contribution is 2.26. The molecule has 5 nitrogen and oxygen atoms in total. The van der Waals surface area contributed by atoms with E-state index in [1.165, 1.54) is 31.8 Å². The minimum atomic E-state index is -1.09. The summed E-state index contributed by atoms with van der Waals surface area (Å²) < 4.78 is 21.2. The van der Waals surface area contributed by atoms with Gasteiger partial charge in [0.1, 0.15) is 0 Å². The van der Waals surface area contributed by atoms with Gasteiger partial charge in [-0.1, -0.05) is 45.6 Å². The fourth-order valence-corrected chi connectivity index (χ4v) is 2.39. The third-order valence-electron chi connectivity index (χ3n) is 3.82. The monoisotopic (exact) mass is 316 g/mol. The van der Waals surface area contributed by atoms with Crippen LogP contribution in [-0.2, 0) is 23.7 Å². The quantitative estimate of drug-likeness (QED) is 0.212. The second-order valence-electron chi connectivity index (χ2n) is 5.40. The zero-order valence-corrected chi connectivity index (χ0v) is 14.6. The van der Waals surface area contributed by atoms with Crippen molar-refractivity contribution in [1.82, 2.24) is 0 Å². The van der Waals surface area contributed by atoms with Crippen LogP contribution in [-0.4, -0.2) is 39.9 Å². The van der Waals surface area contributed by atoms with Gasteiger partial charge in [-0.05, 0) is 6.42 Å². The number of methoxy groups -OCH3 is 3. The molecule has 0 radical (unpaired) electrons. The van der Waals surface area contributed by atoms with E-state index in [0.29, 0.717) is 13.0 Å². The molecule has 0 aliphatic heterocycles. The number of esters is 1. The van der Waals surface area contributed by atoms with E-state index >= 15 is 0 Å². The van der Waals surface area contributed by atoms with Gasteiger partial charge in [0.25, 0.3) is 5.97 Å². The Morgan fingerprint density at radius 3 is 2.18 bits per heavy atom. The minimum absolute atomic E-state index is 0.116. The molecule has 0 spiro atoms. The van der Waals surface area contributed by atoms with E-state index in [-0.39, 0.29) is 5.92 Å². The van der Waals surface area contributed by atoms with Crippen LogP contribution in [0.2, 0.25) is 0 Å². The predicted octanol–water partition coefficient (Wildman–Crippen LogP) is 3.68. The fraction of sp³-hybridized carbons (Fsp3) is 0.824. The smallest absolute Gasteiger partial charge is 0.330 e. The van der Waals surface area contributed by atoms with Gasteiger partial charge < -0.3 is 18.9 Å². The standard InChI is InChI=1S/C17H32O5/c1-6-8-9-10-11-12-15(14-22-16(18)7-2)13-17(19-3,20-4)21-5/h7,15H,2,6,8-14H2,1,3-5H3. The molecule has 22 heavy (non-hydrogen) atoms. The van der Waals surface area contributed by atoms with Crippen LogP contribution in [0.25, 0.3) is 0 Å². The highest BCUT2D eigenvalue weighted by atomic mass is 16.9. The Kier molecular flexibility index (Phi) is 12.1. The SMILES string of the molecule is C=CC(=O)OCC(CCCCCCC)CC(OC)(OC)OC. The van der Waals surface area contributed by atoms with Crippen LogP contribution in [0.3, 0.4) is 0 Å². The molecule has 0 heterocycles. The fourth-order valence-electron chi connectivity index (χ4n) is 2.39. The van der Waals surface area contributed by atoms with E-state index < -0.39 is 11.9 Å². The molecule has 5 heteroatoms. The van der Waals surface area contributed by atoms with Gasteiger partial charge in [0.15, 0.2) is 0 Å². The third-order valence-corrected chi connectivity index (χ3v) is 3.82.